The molecule has 2 fully saturated rings. The molecule has 0 aliphatic carbocycles. The molecular formula is C15H20F3N3O2. The van der Waals surface area contributed by atoms with Crippen LogP contribution in [0.3, 0.4) is 0 Å². The molecule has 0 aromatic carbocycles. The van der Waals surface area contributed by atoms with Crippen molar-refractivity contribution in [3.8, 4) is 0 Å². The van der Waals surface area contributed by atoms with Gasteiger partial charge in [-0.1, -0.05) is 0 Å². The number of nitrogens with one attached hydrogen (secondary N) is 1. The Bertz CT molecular complexity index is 617. The summed E-state index contributed by atoms with van der Waals surface area (Å²) in [4.78, 5) is 17.8. The second-order valence-electron chi connectivity index (χ2n) is 6.10. The number of pyridine rings is 1. The first-order valence-corrected chi connectivity index (χ1v) is 7.78. The number of anilines is 2. The predicted octanol–water partition coefficient (Wildman–Crippen LogP) is 2.13. The molecule has 1 aromatic rings. The van der Waals surface area contributed by atoms with Crippen LogP contribution in [0.2, 0.25) is 0 Å². The number of nitrogens with zero attached hydrogens (tertiary/aromatic N) is 2. The summed E-state index contributed by atoms with van der Waals surface area (Å²) in [5.74, 6) is 0.242. The molecule has 2 aliphatic heterocycles. The maximum absolute atomic E-state index is 13.2. The number of alkyl halides is 3. The molecule has 0 spiro atoms. The Morgan fingerprint density at radius 2 is 2.04 bits per heavy atom. The molecule has 5 nitrogen and oxygen atoms in total. The summed E-state index contributed by atoms with van der Waals surface area (Å²) < 4.78 is 44.8. The van der Waals surface area contributed by atoms with Crippen LogP contribution in [0.25, 0.3) is 0 Å². The molecule has 23 heavy (non-hydrogen) atoms. The van der Waals surface area contributed by atoms with Gasteiger partial charge < -0.3 is 19.5 Å². The van der Waals surface area contributed by atoms with Gasteiger partial charge >= 0.3 is 6.18 Å². The summed E-state index contributed by atoms with van der Waals surface area (Å²) >= 11 is 0. The zero-order valence-electron chi connectivity index (χ0n) is 12.9. The van der Waals surface area contributed by atoms with Crippen molar-refractivity contribution in [2.24, 2.45) is 0 Å². The molecule has 1 unspecified atom stereocenters. The molecular weight excluding hydrogens is 311 g/mol. The Morgan fingerprint density at radius 3 is 2.74 bits per heavy atom. The average molecular weight is 331 g/mol. The first-order valence-electron chi connectivity index (χ1n) is 7.78. The van der Waals surface area contributed by atoms with Crippen molar-refractivity contribution in [3.05, 3.63) is 22.5 Å². The highest BCUT2D eigenvalue weighted by Gasteiger charge is 2.46. The summed E-state index contributed by atoms with van der Waals surface area (Å²) in [7, 11) is 0. The quantitative estimate of drug-likeness (QED) is 0.902. The number of ether oxygens (including phenoxy) is 1. The number of hydrogen-bond donors (Lipinski definition) is 1. The molecule has 0 amide bonds. The lowest BCUT2D eigenvalue weighted by Crippen LogP contribution is -2.45. The summed E-state index contributed by atoms with van der Waals surface area (Å²) in [5.41, 5.74) is 0.261. The molecule has 1 aromatic heterocycles. The van der Waals surface area contributed by atoms with E-state index in [1.165, 1.54) is 11.0 Å². The van der Waals surface area contributed by atoms with Gasteiger partial charge in [-0.05, 0) is 19.8 Å². The number of halogens is 3. The van der Waals surface area contributed by atoms with Crippen molar-refractivity contribution in [3.63, 3.8) is 0 Å². The van der Waals surface area contributed by atoms with Crippen LogP contribution in [0.1, 0.15) is 19.8 Å². The summed E-state index contributed by atoms with van der Waals surface area (Å²) in [6.07, 6.45) is -3.77. The minimum atomic E-state index is -4.30. The van der Waals surface area contributed by atoms with Gasteiger partial charge in [0.1, 0.15) is 11.9 Å². The van der Waals surface area contributed by atoms with E-state index in [0.29, 0.717) is 38.4 Å². The van der Waals surface area contributed by atoms with Crippen molar-refractivity contribution in [1.29, 1.82) is 0 Å². The minimum Gasteiger partial charge on any atom is -0.377 e. The number of aromatic amines is 1. The third-order valence-electron chi connectivity index (χ3n) is 4.45. The molecule has 2 aliphatic rings. The molecule has 8 heteroatoms. The summed E-state index contributed by atoms with van der Waals surface area (Å²) in [6.45, 7) is 3.96. The van der Waals surface area contributed by atoms with Gasteiger partial charge in [0, 0.05) is 37.0 Å². The summed E-state index contributed by atoms with van der Waals surface area (Å²) in [5, 5.41) is 0. The number of rotatable bonds is 2. The first-order chi connectivity index (χ1) is 10.9. The van der Waals surface area contributed by atoms with E-state index >= 15 is 0 Å². The molecule has 2 atom stereocenters. The van der Waals surface area contributed by atoms with Gasteiger partial charge in [-0.15, -0.1) is 0 Å². The number of hydrogen-bond acceptors (Lipinski definition) is 4. The van der Waals surface area contributed by atoms with Gasteiger partial charge in [0.25, 0.3) is 5.56 Å². The van der Waals surface area contributed by atoms with Crippen LogP contribution in [0.15, 0.2) is 16.9 Å². The Morgan fingerprint density at radius 1 is 1.26 bits per heavy atom. The zero-order valence-corrected chi connectivity index (χ0v) is 12.9. The highest BCUT2D eigenvalue weighted by Crippen LogP contribution is 2.35. The van der Waals surface area contributed by atoms with E-state index in [2.05, 4.69) is 4.98 Å². The third kappa shape index (κ3) is 3.31. The second kappa shape index (κ2) is 6.07. The average Bonchev–Trinajstić information content (AvgIpc) is 2.96. The van der Waals surface area contributed by atoms with Crippen LogP contribution in [0, 0.1) is 0 Å². The number of morpholine rings is 1. The monoisotopic (exact) mass is 331 g/mol. The summed E-state index contributed by atoms with van der Waals surface area (Å²) in [6, 6.07) is 1.63. The van der Waals surface area contributed by atoms with E-state index in [1.807, 2.05) is 11.8 Å². The van der Waals surface area contributed by atoms with Crippen molar-refractivity contribution in [2.45, 2.75) is 38.0 Å². The molecule has 0 saturated carbocycles. The minimum absolute atomic E-state index is 0.0592. The molecule has 2 saturated heterocycles. The van der Waals surface area contributed by atoms with Crippen LogP contribution < -0.4 is 15.4 Å². The van der Waals surface area contributed by atoms with Gasteiger partial charge in [0.2, 0.25) is 0 Å². The third-order valence-corrected chi connectivity index (χ3v) is 4.45. The SMILES string of the molecule is C[C@@H]1COCCN1c1cc(N2CCCC2C(F)(F)F)[nH]c(=O)c1. The largest absolute Gasteiger partial charge is 0.408 e. The lowest BCUT2D eigenvalue weighted by atomic mass is 10.2. The maximum Gasteiger partial charge on any atom is 0.408 e. The van der Waals surface area contributed by atoms with Crippen molar-refractivity contribution in [2.75, 3.05) is 36.1 Å². The number of aromatic nitrogens is 1. The van der Waals surface area contributed by atoms with E-state index < -0.39 is 12.2 Å². The van der Waals surface area contributed by atoms with Gasteiger partial charge in [0.05, 0.1) is 13.2 Å². The molecule has 3 heterocycles. The van der Waals surface area contributed by atoms with E-state index in [1.54, 1.807) is 6.07 Å². The lowest BCUT2D eigenvalue weighted by Gasteiger charge is -2.36. The first kappa shape index (κ1) is 16.2. The number of H-pyrrole nitrogens is 1. The Kier molecular flexibility index (Phi) is 4.27. The molecule has 3 rings (SSSR count). The van der Waals surface area contributed by atoms with E-state index in [-0.39, 0.29) is 23.8 Å². The standard InChI is InChI=1S/C15H20F3N3O2/c1-10-9-23-6-5-20(10)11-7-13(19-14(22)8-11)21-4-2-3-12(21)15(16,17)18/h7-8,10,12H,2-6,9H2,1H3,(H,19,22)/t10-,12?/m1/s1. The molecule has 1 N–H and O–H groups in total. The molecule has 0 radical (unpaired) electrons. The van der Waals surface area contributed by atoms with E-state index in [0.717, 1.165) is 0 Å². The Labute approximate surface area is 132 Å². The Hall–Kier alpha value is -1.70. The van der Waals surface area contributed by atoms with Gasteiger partial charge in [0.15, 0.2) is 0 Å². The van der Waals surface area contributed by atoms with Crippen molar-refractivity contribution >= 4 is 11.5 Å². The fraction of sp³-hybridized carbons (Fsp3) is 0.667. The van der Waals surface area contributed by atoms with Gasteiger partial charge in [-0.3, -0.25) is 4.79 Å². The van der Waals surface area contributed by atoms with Gasteiger partial charge in [-0.2, -0.15) is 13.2 Å². The Balaban J connectivity index is 1.93. The second-order valence-corrected chi connectivity index (χ2v) is 6.10. The van der Waals surface area contributed by atoms with E-state index in [9.17, 15) is 18.0 Å². The van der Waals surface area contributed by atoms with Gasteiger partial charge in [-0.25, -0.2) is 0 Å². The smallest absolute Gasteiger partial charge is 0.377 e. The van der Waals surface area contributed by atoms with Crippen molar-refractivity contribution in [1.82, 2.24) is 4.98 Å². The highest BCUT2D eigenvalue weighted by atomic mass is 19.4. The van der Waals surface area contributed by atoms with Crippen LogP contribution in [-0.4, -0.2) is 49.5 Å². The normalized spacial score (nSPS) is 25.9. The molecule has 0 bridgehead atoms. The molecule has 128 valence electrons. The van der Waals surface area contributed by atoms with Crippen LogP contribution >= 0.6 is 0 Å². The predicted molar refractivity (Wildman–Crippen MR) is 81.1 cm³/mol. The fourth-order valence-electron chi connectivity index (χ4n) is 3.34. The fourth-order valence-corrected chi connectivity index (χ4v) is 3.34. The van der Waals surface area contributed by atoms with Crippen LogP contribution in [-0.2, 0) is 4.74 Å². The van der Waals surface area contributed by atoms with Crippen molar-refractivity contribution < 1.29 is 17.9 Å². The topological polar surface area (TPSA) is 48.6 Å². The zero-order chi connectivity index (χ0) is 16.6. The van der Waals surface area contributed by atoms with Crippen LogP contribution in [0.4, 0.5) is 24.7 Å². The highest BCUT2D eigenvalue weighted by molar-refractivity contribution is 5.56. The lowest BCUT2D eigenvalue weighted by molar-refractivity contribution is -0.146. The van der Waals surface area contributed by atoms with E-state index in [4.69, 9.17) is 4.74 Å². The maximum atomic E-state index is 13.2. The van der Waals surface area contributed by atoms with Crippen LogP contribution in [0.5, 0.6) is 0 Å².